The van der Waals surface area contributed by atoms with Crippen LogP contribution in [0.4, 0.5) is 5.82 Å². The lowest BCUT2D eigenvalue weighted by Crippen LogP contribution is -2.21. The highest BCUT2D eigenvalue weighted by Crippen LogP contribution is 2.41. The van der Waals surface area contributed by atoms with Crippen LogP contribution in [-0.2, 0) is 11.3 Å². The van der Waals surface area contributed by atoms with Crippen LogP contribution in [0, 0.1) is 12.8 Å². The van der Waals surface area contributed by atoms with E-state index in [9.17, 15) is 9.90 Å². The molecule has 30 heavy (non-hydrogen) atoms. The second-order valence-electron chi connectivity index (χ2n) is 7.57. The number of carboxylic acid groups (broad SMARTS) is 1. The monoisotopic (exact) mass is 483 g/mol. The molecule has 1 saturated carbocycles. The molecule has 0 saturated heterocycles. The molecule has 9 heteroatoms. The largest absolute Gasteiger partial charge is 0.481 e. The van der Waals surface area contributed by atoms with Crippen molar-refractivity contribution in [2.24, 2.45) is 5.92 Å². The lowest BCUT2D eigenvalue weighted by Gasteiger charge is -2.25. The average Bonchev–Trinajstić information content (AvgIpc) is 3.02. The topological polar surface area (TPSA) is 75.1 Å². The molecule has 1 aromatic carbocycles. The van der Waals surface area contributed by atoms with Gasteiger partial charge in [-0.05, 0) is 50.3 Å². The number of halogens is 3. The smallest absolute Gasteiger partial charge is 0.306 e. The van der Waals surface area contributed by atoms with Gasteiger partial charge in [-0.15, -0.1) is 11.3 Å². The molecule has 1 aliphatic carbocycles. The Bertz CT molecular complexity index is 1110. The van der Waals surface area contributed by atoms with Gasteiger partial charge in [-0.3, -0.25) is 4.79 Å². The van der Waals surface area contributed by atoms with Gasteiger partial charge in [0.25, 0.3) is 0 Å². The van der Waals surface area contributed by atoms with E-state index in [0.717, 1.165) is 39.3 Å². The van der Waals surface area contributed by atoms with Crippen molar-refractivity contribution in [3.05, 3.63) is 49.5 Å². The van der Waals surface area contributed by atoms with Gasteiger partial charge in [0.05, 0.1) is 26.4 Å². The maximum Gasteiger partial charge on any atom is 0.306 e. The number of hydrogen-bond donors (Lipinski definition) is 2. The van der Waals surface area contributed by atoms with E-state index in [1.165, 1.54) is 0 Å². The first-order chi connectivity index (χ1) is 14.3. The van der Waals surface area contributed by atoms with Crippen molar-refractivity contribution in [2.75, 3.05) is 5.32 Å². The Kier molecular flexibility index (Phi) is 6.39. The number of thiophene rings is 1. The summed E-state index contributed by atoms with van der Waals surface area (Å²) in [5.74, 6) is 0.610. The number of aliphatic carboxylic acids is 1. The normalized spacial score (nSPS) is 19.2. The highest BCUT2D eigenvalue weighted by molar-refractivity contribution is 7.19. The number of carbonyl (C=O) groups is 1. The van der Waals surface area contributed by atoms with Gasteiger partial charge < -0.3 is 10.4 Å². The highest BCUT2D eigenvalue weighted by atomic mass is 35.5. The summed E-state index contributed by atoms with van der Waals surface area (Å²) >= 11 is 20.2. The van der Waals surface area contributed by atoms with Gasteiger partial charge in [0, 0.05) is 17.3 Å². The molecule has 158 valence electrons. The molecular formula is C21H20Cl3N3O2S. The Hall–Kier alpha value is -1.60. The standard InChI is InChI=1S/C21H20Cl3N3O2S/c1-10-17(24)16-19(25-9-11-2-7-14(22)15(23)8-11)26-18(27-20(16)30-10)12-3-5-13(6-4-12)21(28)29/h2,7-8,12-13H,3-6,9H2,1H3,(H,28,29)(H,25,26,27). The fourth-order valence-electron chi connectivity index (χ4n) is 3.84. The van der Waals surface area contributed by atoms with Crippen LogP contribution in [0.5, 0.6) is 0 Å². The van der Waals surface area contributed by atoms with Crippen LogP contribution in [0.15, 0.2) is 18.2 Å². The molecule has 4 rings (SSSR count). The van der Waals surface area contributed by atoms with E-state index in [-0.39, 0.29) is 11.8 Å². The molecule has 0 radical (unpaired) electrons. The van der Waals surface area contributed by atoms with Crippen molar-refractivity contribution < 1.29 is 9.90 Å². The fraction of sp³-hybridized carbons (Fsp3) is 0.381. The first-order valence-corrected chi connectivity index (χ1v) is 11.7. The molecule has 1 fully saturated rings. The van der Waals surface area contributed by atoms with Crippen LogP contribution in [0.25, 0.3) is 10.2 Å². The van der Waals surface area contributed by atoms with Gasteiger partial charge in [-0.25, -0.2) is 9.97 Å². The van der Waals surface area contributed by atoms with E-state index in [2.05, 4.69) is 5.32 Å². The number of carboxylic acids is 1. The molecule has 0 spiro atoms. The first-order valence-electron chi connectivity index (χ1n) is 9.70. The van der Waals surface area contributed by atoms with Crippen LogP contribution in [0.3, 0.4) is 0 Å². The second-order valence-corrected chi connectivity index (χ2v) is 9.97. The van der Waals surface area contributed by atoms with E-state index < -0.39 is 5.97 Å². The molecule has 0 atom stereocenters. The van der Waals surface area contributed by atoms with E-state index in [4.69, 9.17) is 44.8 Å². The van der Waals surface area contributed by atoms with Gasteiger partial charge in [-0.2, -0.15) is 0 Å². The molecule has 0 aliphatic heterocycles. The molecule has 0 unspecified atom stereocenters. The number of anilines is 1. The zero-order chi connectivity index (χ0) is 21.4. The van der Waals surface area contributed by atoms with Crippen LogP contribution >= 0.6 is 46.1 Å². The average molecular weight is 485 g/mol. The van der Waals surface area contributed by atoms with Crippen molar-refractivity contribution in [3.63, 3.8) is 0 Å². The Morgan fingerprint density at radius 2 is 1.90 bits per heavy atom. The first kappa shape index (κ1) is 21.6. The number of aryl methyl sites for hydroxylation is 1. The molecule has 0 bridgehead atoms. The van der Waals surface area contributed by atoms with Crippen LogP contribution < -0.4 is 5.32 Å². The number of nitrogens with zero attached hydrogens (tertiary/aromatic N) is 2. The Morgan fingerprint density at radius 3 is 2.57 bits per heavy atom. The molecule has 2 aromatic heterocycles. The summed E-state index contributed by atoms with van der Waals surface area (Å²) in [4.78, 5) is 22.7. The highest BCUT2D eigenvalue weighted by Gasteiger charge is 2.29. The number of rotatable bonds is 5. The van der Waals surface area contributed by atoms with Gasteiger partial charge >= 0.3 is 5.97 Å². The SMILES string of the molecule is Cc1sc2nc(C3CCC(C(=O)O)CC3)nc(NCc3ccc(Cl)c(Cl)c3)c2c1Cl. The summed E-state index contributed by atoms with van der Waals surface area (Å²) in [6.07, 6.45) is 2.84. The van der Waals surface area contributed by atoms with Gasteiger partial charge in [0.1, 0.15) is 16.5 Å². The maximum atomic E-state index is 11.3. The minimum Gasteiger partial charge on any atom is -0.481 e. The van der Waals surface area contributed by atoms with E-state index in [0.29, 0.717) is 40.3 Å². The lowest BCUT2D eigenvalue weighted by molar-refractivity contribution is -0.142. The van der Waals surface area contributed by atoms with E-state index >= 15 is 0 Å². The summed E-state index contributed by atoms with van der Waals surface area (Å²) in [5.41, 5.74) is 0.975. The predicted molar refractivity (Wildman–Crippen MR) is 123 cm³/mol. The van der Waals surface area contributed by atoms with Crippen molar-refractivity contribution in [1.82, 2.24) is 9.97 Å². The Balaban J connectivity index is 1.63. The molecular weight excluding hydrogens is 465 g/mol. The van der Waals surface area contributed by atoms with Gasteiger partial charge in [0.15, 0.2) is 0 Å². The lowest BCUT2D eigenvalue weighted by atomic mass is 9.81. The summed E-state index contributed by atoms with van der Waals surface area (Å²) in [6, 6.07) is 5.50. The number of benzene rings is 1. The molecule has 5 nitrogen and oxygen atoms in total. The van der Waals surface area contributed by atoms with Crippen molar-refractivity contribution in [2.45, 2.75) is 45.1 Å². The molecule has 2 heterocycles. The van der Waals surface area contributed by atoms with Crippen molar-refractivity contribution in [1.29, 1.82) is 0 Å². The van der Waals surface area contributed by atoms with Crippen LogP contribution in [-0.4, -0.2) is 21.0 Å². The van der Waals surface area contributed by atoms with E-state index in [1.54, 1.807) is 17.4 Å². The Morgan fingerprint density at radius 1 is 1.17 bits per heavy atom. The summed E-state index contributed by atoms with van der Waals surface area (Å²) in [7, 11) is 0. The summed E-state index contributed by atoms with van der Waals surface area (Å²) in [5, 5.41) is 15.1. The minimum absolute atomic E-state index is 0.150. The molecule has 3 aromatic rings. The van der Waals surface area contributed by atoms with E-state index in [1.807, 2.05) is 19.1 Å². The second kappa shape index (κ2) is 8.87. The quantitative estimate of drug-likeness (QED) is 0.410. The van der Waals surface area contributed by atoms with Crippen molar-refractivity contribution >= 4 is 68.1 Å². The predicted octanol–water partition coefficient (Wildman–Crippen LogP) is 6.93. The number of fused-ring (bicyclic) bond motifs is 1. The van der Waals surface area contributed by atoms with Crippen LogP contribution in [0.1, 0.15) is 47.9 Å². The number of hydrogen-bond acceptors (Lipinski definition) is 5. The van der Waals surface area contributed by atoms with Crippen molar-refractivity contribution in [3.8, 4) is 0 Å². The Labute approximate surface area is 193 Å². The third-order valence-electron chi connectivity index (χ3n) is 5.56. The zero-order valence-corrected chi connectivity index (χ0v) is 19.3. The fourth-order valence-corrected chi connectivity index (χ4v) is 5.43. The van der Waals surface area contributed by atoms with Gasteiger partial charge in [-0.1, -0.05) is 40.9 Å². The van der Waals surface area contributed by atoms with Gasteiger partial charge in [0.2, 0.25) is 0 Å². The van der Waals surface area contributed by atoms with Crippen LogP contribution in [0.2, 0.25) is 15.1 Å². The molecule has 0 amide bonds. The summed E-state index contributed by atoms with van der Waals surface area (Å²) in [6.45, 7) is 2.48. The third kappa shape index (κ3) is 4.37. The number of nitrogens with one attached hydrogen (secondary N) is 1. The third-order valence-corrected chi connectivity index (χ3v) is 7.88. The zero-order valence-electron chi connectivity index (χ0n) is 16.2. The molecule has 2 N–H and O–H groups in total. The maximum absolute atomic E-state index is 11.3. The summed E-state index contributed by atoms with van der Waals surface area (Å²) < 4.78 is 0. The minimum atomic E-state index is -0.713. The molecule has 1 aliphatic rings. The number of aromatic nitrogens is 2.